The summed E-state index contributed by atoms with van der Waals surface area (Å²) in [5.74, 6) is 0.952. The summed E-state index contributed by atoms with van der Waals surface area (Å²) in [6, 6.07) is 7.59. The van der Waals surface area contributed by atoms with Crippen LogP contribution in [0, 0.1) is 5.82 Å². The van der Waals surface area contributed by atoms with Gasteiger partial charge in [0.15, 0.2) is 0 Å². The van der Waals surface area contributed by atoms with Gasteiger partial charge < -0.3 is 5.73 Å². The molecule has 0 saturated carbocycles. The van der Waals surface area contributed by atoms with Crippen molar-refractivity contribution in [3.63, 3.8) is 0 Å². The Morgan fingerprint density at radius 2 is 2.00 bits per heavy atom. The molecule has 20 heavy (non-hydrogen) atoms. The molecule has 0 aliphatic carbocycles. The summed E-state index contributed by atoms with van der Waals surface area (Å²) in [6.07, 6.45) is 0.923. The van der Waals surface area contributed by atoms with Gasteiger partial charge in [0.2, 0.25) is 0 Å². The normalized spacial score (nSPS) is 27.2. The summed E-state index contributed by atoms with van der Waals surface area (Å²) >= 11 is 2.02. The van der Waals surface area contributed by atoms with Gasteiger partial charge in [0, 0.05) is 29.6 Å². The van der Waals surface area contributed by atoms with Crippen molar-refractivity contribution in [2.45, 2.75) is 50.6 Å². The molecule has 1 aromatic carbocycles. The van der Waals surface area contributed by atoms with Crippen molar-refractivity contribution in [2.75, 3.05) is 12.3 Å². The van der Waals surface area contributed by atoms with Crippen molar-refractivity contribution in [3.8, 4) is 0 Å². The minimum atomic E-state index is -0.187. The summed E-state index contributed by atoms with van der Waals surface area (Å²) < 4.78 is 13.2. The minimum Gasteiger partial charge on any atom is -0.326 e. The molecule has 1 aromatic rings. The second-order valence-electron chi connectivity index (χ2n) is 5.62. The number of nitrogens with zero attached hydrogens (tertiary/aromatic N) is 1. The standard InChI is InChI=1S/C16H25FN2S/c1-4-15(18)16(13-5-7-14(17)8-6-13)19-9-10-20-12(3)11(19)2/h5-8,11-12,15-16H,4,9-10,18H2,1-3H3. The van der Waals surface area contributed by atoms with Gasteiger partial charge in [-0.15, -0.1) is 0 Å². The maximum absolute atomic E-state index is 13.2. The Morgan fingerprint density at radius 3 is 2.60 bits per heavy atom. The number of thioether (sulfide) groups is 1. The van der Waals surface area contributed by atoms with Crippen LogP contribution < -0.4 is 5.73 Å². The van der Waals surface area contributed by atoms with Crippen LogP contribution in [0.15, 0.2) is 24.3 Å². The van der Waals surface area contributed by atoms with Gasteiger partial charge >= 0.3 is 0 Å². The molecule has 4 atom stereocenters. The van der Waals surface area contributed by atoms with Crippen molar-refractivity contribution in [2.24, 2.45) is 5.73 Å². The van der Waals surface area contributed by atoms with Crippen LogP contribution in [0.2, 0.25) is 0 Å². The lowest BCUT2D eigenvalue weighted by Crippen LogP contribution is -2.51. The molecule has 1 fully saturated rings. The predicted molar refractivity (Wildman–Crippen MR) is 85.5 cm³/mol. The first kappa shape index (κ1) is 15.8. The molecule has 0 radical (unpaired) electrons. The summed E-state index contributed by atoms with van der Waals surface area (Å²) in [4.78, 5) is 2.50. The Kier molecular flexibility index (Phi) is 5.47. The van der Waals surface area contributed by atoms with E-state index in [2.05, 4.69) is 25.7 Å². The van der Waals surface area contributed by atoms with Gasteiger partial charge in [0.25, 0.3) is 0 Å². The molecular weight excluding hydrogens is 271 g/mol. The lowest BCUT2D eigenvalue weighted by atomic mass is 9.94. The molecule has 1 aliphatic rings. The zero-order chi connectivity index (χ0) is 14.7. The molecule has 0 amide bonds. The van der Waals surface area contributed by atoms with E-state index in [1.54, 1.807) is 0 Å². The van der Waals surface area contributed by atoms with Crippen LogP contribution in [-0.4, -0.2) is 34.5 Å². The first-order valence-electron chi connectivity index (χ1n) is 7.43. The van der Waals surface area contributed by atoms with E-state index in [9.17, 15) is 4.39 Å². The van der Waals surface area contributed by atoms with Gasteiger partial charge in [-0.2, -0.15) is 11.8 Å². The summed E-state index contributed by atoms with van der Waals surface area (Å²) in [5, 5.41) is 0.607. The van der Waals surface area contributed by atoms with E-state index in [-0.39, 0.29) is 17.9 Å². The number of rotatable bonds is 4. The highest BCUT2D eigenvalue weighted by Gasteiger charge is 2.34. The number of hydrogen-bond donors (Lipinski definition) is 1. The summed E-state index contributed by atoms with van der Waals surface area (Å²) in [6.45, 7) is 7.72. The van der Waals surface area contributed by atoms with Gasteiger partial charge in [-0.25, -0.2) is 4.39 Å². The smallest absolute Gasteiger partial charge is 0.123 e. The van der Waals surface area contributed by atoms with E-state index >= 15 is 0 Å². The molecule has 2 rings (SSSR count). The second-order valence-corrected chi connectivity index (χ2v) is 7.11. The van der Waals surface area contributed by atoms with E-state index in [1.807, 2.05) is 23.9 Å². The van der Waals surface area contributed by atoms with Crippen molar-refractivity contribution in [3.05, 3.63) is 35.6 Å². The number of nitrogens with two attached hydrogens (primary N) is 1. The van der Waals surface area contributed by atoms with E-state index < -0.39 is 0 Å². The number of halogens is 1. The zero-order valence-corrected chi connectivity index (χ0v) is 13.4. The Balaban J connectivity index is 2.29. The fraction of sp³-hybridized carbons (Fsp3) is 0.625. The first-order chi connectivity index (χ1) is 9.54. The van der Waals surface area contributed by atoms with Gasteiger partial charge in [0.05, 0.1) is 6.04 Å². The minimum absolute atomic E-state index is 0.0817. The molecule has 1 aliphatic heterocycles. The highest BCUT2D eigenvalue weighted by Crippen LogP contribution is 2.34. The fourth-order valence-corrected chi connectivity index (χ4v) is 4.04. The molecule has 1 heterocycles. The number of hydrogen-bond acceptors (Lipinski definition) is 3. The lowest BCUT2D eigenvalue weighted by molar-refractivity contribution is 0.124. The van der Waals surface area contributed by atoms with Crippen LogP contribution in [0.3, 0.4) is 0 Å². The van der Waals surface area contributed by atoms with Crippen molar-refractivity contribution < 1.29 is 4.39 Å². The average Bonchev–Trinajstić information content (AvgIpc) is 2.45. The van der Waals surface area contributed by atoms with E-state index in [1.165, 1.54) is 12.1 Å². The SMILES string of the molecule is CCC(N)C(c1ccc(F)cc1)N1CCSC(C)C1C. The van der Waals surface area contributed by atoms with Crippen LogP contribution in [0.5, 0.6) is 0 Å². The van der Waals surface area contributed by atoms with Crippen LogP contribution in [0.4, 0.5) is 4.39 Å². The third-order valence-corrected chi connectivity index (χ3v) is 5.72. The monoisotopic (exact) mass is 296 g/mol. The van der Waals surface area contributed by atoms with Gasteiger partial charge in [-0.3, -0.25) is 4.90 Å². The van der Waals surface area contributed by atoms with E-state index in [0.29, 0.717) is 11.3 Å². The van der Waals surface area contributed by atoms with Gasteiger partial charge in [-0.1, -0.05) is 26.0 Å². The molecule has 112 valence electrons. The Bertz CT molecular complexity index is 423. The molecular formula is C16H25FN2S. The van der Waals surface area contributed by atoms with Crippen LogP contribution in [-0.2, 0) is 0 Å². The molecule has 2 nitrogen and oxygen atoms in total. The highest BCUT2D eigenvalue weighted by molar-refractivity contribution is 8.00. The molecule has 2 N–H and O–H groups in total. The highest BCUT2D eigenvalue weighted by atomic mass is 32.2. The van der Waals surface area contributed by atoms with Gasteiger partial charge in [-0.05, 0) is 31.0 Å². The van der Waals surface area contributed by atoms with Crippen LogP contribution >= 0.6 is 11.8 Å². The second kappa shape index (κ2) is 6.92. The molecule has 0 spiro atoms. The Hall–Kier alpha value is -0.580. The predicted octanol–water partition coefficient (Wildman–Crippen LogP) is 3.43. The largest absolute Gasteiger partial charge is 0.326 e. The van der Waals surface area contributed by atoms with Crippen molar-refractivity contribution in [1.29, 1.82) is 0 Å². The van der Waals surface area contributed by atoms with Crippen LogP contribution in [0.25, 0.3) is 0 Å². The summed E-state index contributed by atoms with van der Waals surface area (Å²) in [7, 11) is 0. The van der Waals surface area contributed by atoms with Gasteiger partial charge in [0.1, 0.15) is 5.82 Å². The topological polar surface area (TPSA) is 29.3 Å². The first-order valence-corrected chi connectivity index (χ1v) is 8.47. The zero-order valence-electron chi connectivity index (χ0n) is 12.6. The fourth-order valence-electron chi connectivity index (χ4n) is 2.92. The average molecular weight is 296 g/mol. The third-order valence-electron chi connectivity index (χ3n) is 4.38. The maximum Gasteiger partial charge on any atom is 0.123 e. The summed E-state index contributed by atoms with van der Waals surface area (Å²) in [5.41, 5.74) is 7.51. The van der Waals surface area contributed by atoms with Crippen molar-refractivity contribution in [1.82, 2.24) is 4.90 Å². The lowest BCUT2D eigenvalue weighted by Gasteiger charge is -2.44. The molecule has 4 unspecified atom stereocenters. The molecule has 0 aromatic heterocycles. The molecule has 4 heteroatoms. The Labute approximate surface area is 125 Å². The molecule has 0 bridgehead atoms. The Morgan fingerprint density at radius 1 is 1.35 bits per heavy atom. The van der Waals surface area contributed by atoms with Crippen molar-refractivity contribution >= 4 is 11.8 Å². The molecule has 1 saturated heterocycles. The third kappa shape index (κ3) is 3.35. The quantitative estimate of drug-likeness (QED) is 0.923. The number of benzene rings is 1. The van der Waals surface area contributed by atoms with E-state index in [0.717, 1.165) is 24.3 Å². The maximum atomic E-state index is 13.2. The van der Waals surface area contributed by atoms with Crippen LogP contribution in [0.1, 0.15) is 38.8 Å². The van der Waals surface area contributed by atoms with E-state index in [4.69, 9.17) is 5.73 Å².